The monoisotopic (exact) mass is 232 g/mol. The topological polar surface area (TPSA) is 50.7 Å². The van der Waals surface area contributed by atoms with Gasteiger partial charge in [-0.3, -0.25) is 0 Å². The first kappa shape index (κ1) is 10.9. The highest BCUT2D eigenvalue weighted by Gasteiger charge is 1.99. The Kier molecular flexibility index (Phi) is 3.71. The lowest BCUT2D eigenvalue weighted by atomic mass is 10.4. The van der Waals surface area contributed by atoms with Gasteiger partial charge in [-0.25, -0.2) is 15.0 Å². The highest BCUT2D eigenvalue weighted by molar-refractivity contribution is 7.98. The molecule has 0 spiro atoms. The van der Waals surface area contributed by atoms with E-state index in [1.54, 1.807) is 24.2 Å². The second-order valence-electron chi connectivity index (χ2n) is 3.08. The maximum Gasteiger partial charge on any atom is 0.187 e. The second kappa shape index (κ2) is 5.46. The van der Waals surface area contributed by atoms with Crippen molar-refractivity contribution >= 4 is 17.6 Å². The molecule has 16 heavy (non-hydrogen) atoms. The van der Waals surface area contributed by atoms with E-state index in [1.165, 1.54) is 0 Å². The third kappa shape index (κ3) is 2.93. The van der Waals surface area contributed by atoms with Crippen molar-refractivity contribution in [3.63, 3.8) is 0 Å². The Bertz CT molecular complexity index is 447. The first-order chi connectivity index (χ1) is 7.88. The van der Waals surface area contributed by atoms with Gasteiger partial charge in [0.15, 0.2) is 5.16 Å². The lowest BCUT2D eigenvalue weighted by molar-refractivity contribution is 0.964. The summed E-state index contributed by atoms with van der Waals surface area (Å²) in [5.74, 6) is 1.66. The Morgan fingerprint density at radius 1 is 1.19 bits per heavy atom. The molecule has 2 heterocycles. The maximum absolute atomic E-state index is 4.42. The summed E-state index contributed by atoms with van der Waals surface area (Å²) >= 11 is 1.58. The molecule has 0 saturated heterocycles. The number of nitrogens with zero attached hydrogens (tertiary/aromatic N) is 3. The SMILES string of the molecule is CNc1cccc(CSc2ncccn2)n1. The van der Waals surface area contributed by atoms with E-state index in [0.717, 1.165) is 22.4 Å². The Morgan fingerprint density at radius 2 is 2.00 bits per heavy atom. The number of anilines is 1. The standard InChI is InChI=1S/C11H12N4S/c1-12-10-5-2-4-9(15-10)8-16-11-13-6-3-7-14-11/h2-7H,8H2,1H3,(H,12,15). The van der Waals surface area contributed by atoms with Gasteiger partial charge >= 0.3 is 0 Å². The summed E-state index contributed by atoms with van der Waals surface area (Å²) in [5, 5.41) is 3.79. The van der Waals surface area contributed by atoms with Crippen molar-refractivity contribution in [1.82, 2.24) is 15.0 Å². The molecule has 0 radical (unpaired) electrons. The van der Waals surface area contributed by atoms with Gasteiger partial charge in [0.05, 0.1) is 5.69 Å². The Balaban J connectivity index is 1.99. The third-order valence-corrected chi connectivity index (χ3v) is 2.86. The molecule has 4 nitrogen and oxygen atoms in total. The molecule has 0 atom stereocenters. The molecule has 0 saturated carbocycles. The van der Waals surface area contributed by atoms with E-state index in [0.29, 0.717) is 0 Å². The minimum atomic E-state index is 0.777. The summed E-state index contributed by atoms with van der Waals surface area (Å²) in [7, 11) is 1.86. The third-order valence-electron chi connectivity index (χ3n) is 1.95. The molecule has 0 aliphatic carbocycles. The number of aromatic nitrogens is 3. The van der Waals surface area contributed by atoms with Crippen LogP contribution < -0.4 is 5.32 Å². The van der Waals surface area contributed by atoms with E-state index >= 15 is 0 Å². The van der Waals surface area contributed by atoms with Crippen LogP contribution in [-0.2, 0) is 5.75 Å². The Morgan fingerprint density at radius 3 is 2.75 bits per heavy atom. The van der Waals surface area contributed by atoms with Gasteiger partial charge < -0.3 is 5.32 Å². The number of hydrogen-bond acceptors (Lipinski definition) is 5. The molecule has 0 unspecified atom stereocenters. The predicted molar refractivity (Wildman–Crippen MR) is 65.4 cm³/mol. The van der Waals surface area contributed by atoms with Crippen LogP contribution in [0.25, 0.3) is 0 Å². The van der Waals surface area contributed by atoms with E-state index < -0.39 is 0 Å². The predicted octanol–water partition coefficient (Wildman–Crippen LogP) is 2.21. The van der Waals surface area contributed by atoms with Crippen LogP contribution in [0.1, 0.15) is 5.69 Å². The summed E-state index contributed by atoms with van der Waals surface area (Å²) in [6.45, 7) is 0. The molecular weight excluding hydrogens is 220 g/mol. The van der Waals surface area contributed by atoms with Crippen molar-refractivity contribution in [3.8, 4) is 0 Å². The van der Waals surface area contributed by atoms with Gasteiger partial charge in [0.25, 0.3) is 0 Å². The average Bonchev–Trinajstić information content (AvgIpc) is 2.38. The van der Waals surface area contributed by atoms with Crippen molar-refractivity contribution in [2.45, 2.75) is 10.9 Å². The summed E-state index contributed by atoms with van der Waals surface area (Å²) in [5.41, 5.74) is 1.02. The van der Waals surface area contributed by atoms with Crippen LogP contribution in [0.5, 0.6) is 0 Å². The van der Waals surface area contributed by atoms with E-state index in [-0.39, 0.29) is 0 Å². The zero-order chi connectivity index (χ0) is 11.2. The van der Waals surface area contributed by atoms with Crippen LogP contribution in [0.2, 0.25) is 0 Å². The molecule has 0 aliphatic rings. The highest BCUT2D eigenvalue weighted by atomic mass is 32.2. The van der Waals surface area contributed by atoms with Gasteiger partial charge in [-0.1, -0.05) is 17.8 Å². The van der Waals surface area contributed by atoms with E-state index in [4.69, 9.17) is 0 Å². The summed E-state index contributed by atoms with van der Waals surface area (Å²) in [4.78, 5) is 12.7. The largest absolute Gasteiger partial charge is 0.373 e. The summed E-state index contributed by atoms with van der Waals surface area (Å²) in [6.07, 6.45) is 3.49. The van der Waals surface area contributed by atoms with Crippen LogP contribution in [0.3, 0.4) is 0 Å². The van der Waals surface area contributed by atoms with E-state index in [9.17, 15) is 0 Å². The molecule has 0 bridgehead atoms. The fraction of sp³-hybridized carbons (Fsp3) is 0.182. The second-order valence-corrected chi connectivity index (χ2v) is 4.03. The van der Waals surface area contributed by atoms with Crippen LogP contribution in [-0.4, -0.2) is 22.0 Å². The molecule has 0 fully saturated rings. The molecule has 2 aromatic rings. The first-order valence-corrected chi connectivity index (χ1v) is 5.90. The molecule has 0 aromatic carbocycles. The Labute approximate surface area is 98.6 Å². The zero-order valence-corrected chi connectivity index (χ0v) is 9.74. The average molecular weight is 232 g/mol. The van der Waals surface area contributed by atoms with Crippen LogP contribution in [0, 0.1) is 0 Å². The number of pyridine rings is 1. The molecule has 1 N–H and O–H groups in total. The highest BCUT2D eigenvalue weighted by Crippen LogP contribution is 2.17. The fourth-order valence-electron chi connectivity index (χ4n) is 1.20. The first-order valence-electron chi connectivity index (χ1n) is 4.92. The minimum Gasteiger partial charge on any atom is -0.373 e. The van der Waals surface area contributed by atoms with Gasteiger partial charge in [-0.05, 0) is 18.2 Å². The van der Waals surface area contributed by atoms with Crippen molar-refractivity contribution < 1.29 is 0 Å². The van der Waals surface area contributed by atoms with E-state index in [1.807, 2.05) is 31.3 Å². The smallest absolute Gasteiger partial charge is 0.187 e. The summed E-state index contributed by atoms with van der Waals surface area (Å²) < 4.78 is 0. The van der Waals surface area contributed by atoms with Crippen molar-refractivity contribution in [1.29, 1.82) is 0 Å². The number of hydrogen-bond donors (Lipinski definition) is 1. The molecule has 0 aliphatic heterocycles. The van der Waals surface area contributed by atoms with Crippen LogP contribution in [0.4, 0.5) is 5.82 Å². The molecule has 2 rings (SSSR count). The van der Waals surface area contributed by atoms with E-state index in [2.05, 4.69) is 20.3 Å². The number of nitrogens with one attached hydrogen (secondary N) is 1. The number of thioether (sulfide) groups is 1. The zero-order valence-electron chi connectivity index (χ0n) is 8.92. The quantitative estimate of drug-likeness (QED) is 0.647. The normalized spacial score (nSPS) is 10.1. The van der Waals surface area contributed by atoms with Crippen molar-refractivity contribution in [2.75, 3.05) is 12.4 Å². The van der Waals surface area contributed by atoms with Crippen LogP contribution in [0.15, 0.2) is 41.8 Å². The molecule has 0 amide bonds. The lowest BCUT2D eigenvalue weighted by Crippen LogP contribution is -1.95. The molecule has 2 aromatic heterocycles. The van der Waals surface area contributed by atoms with Gasteiger partial charge in [0.1, 0.15) is 5.82 Å². The van der Waals surface area contributed by atoms with Gasteiger partial charge in [-0.15, -0.1) is 0 Å². The van der Waals surface area contributed by atoms with Gasteiger partial charge in [0, 0.05) is 25.2 Å². The van der Waals surface area contributed by atoms with Crippen molar-refractivity contribution in [2.24, 2.45) is 0 Å². The molecule has 82 valence electrons. The Hall–Kier alpha value is -1.62. The summed E-state index contributed by atoms with van der Waals surface area (Å²) in [6, 6.07) is 7.73. The minimum absolute atomic E-state index is 0.777. The van der Waals surface area contributed by atoms with Gasteiger partial charge in [0.2, 0.25) is 0 Å². The van der Waals surface area contributed by atoms with Crippen LogP contribution >= 0.6 is 11.8 Å². The number of rotatable bonds is 4. The molecule has 5 heteroatoms. The maximum atomic E-state index is 4.42. The van der Waals surface area contributed by atoms with Crippen molar-refractivity contribution in [3.05, 3.63) is 42.4 Å². The fourth-order valence-corrected chi connectivity index (χ4v) is 1.91. The van der Waals surface area contributed by atoms with Gasteiger partial charge in [-0.2, -0.15) is 0 Å². The lowest BCUT2D eigenvalue weighted by Gasteiger charge is -2.02. The molecular formula is C11H12N4S.